The molecule has 2 aromatic carbocycles. The highest BCUT2D eigenvalue weighted by atomic mass is 32.2. The summed E-state index contributed by atoms with van der Waals surface area (Å²) in [5.74, 6) is 0.368. The van der Waals surface area contributed by atoms with Gasteiger partial charge < -0.3 is 9.47 Å². The largest absolute Gasteiger partial charge is 0.497 e. The number of methoxy groups -OCH3 is 1. The van der Waals surface area contributed by atoms with Crippen LogP contribution in [-0.4, -0.2) is 87.6 Å². The molecule has 0 bridgehead atoms. The number of morpholine rings is 1. The van der Waals surface area contributed by atoms with E-state index in [2.05, 4.69) is 11.0 Å². The van der Waals surface area contributed by atoms with Gasteiger partial charge in [0.2, 0.25) is 15.9 Å². The van der Waals surface area contributed by atoms with E-state index in [0.717, 1.165) is 55.0 Å². The highest BCUT2D eigenvalue weighted by Gasteiger charge is 2.42. The second kappa shape index (κ2) is 11.7. The number of fused-ring (bicyclic) bond motifs is 1. The Hall–Kier alpha value is -2.57. The minimum atomic E-state index is -3.85. The zero-order valence-electron chi connectivity index (χ0n) is 21.8. The fourth-order valence-corrected chi connectivity index (χ4v) is 7.80. The molecular formula is C27H34N4O5S2. The topological polar surface area (TPSA) is 92.3 Å². The molecule has 9 nitrogen and oxygen atoms in total. The summed E-state index contributed by atoms with van der Waals surface area (Å²) in [6.07, 6.45) is 1.88. The third-order valence-electron chi connectivity index (χ3n) is 7.14. The van der Waals surface area contributed by atoms with Gasteiger partial charge in [-0.05, 0) is 68.1 Å². The van der Waals surface area contributed by atoms with Crippen molar-refractivity contribution in [2.75, 3.05) is 57.9 Å². The molecule has 3 aromatic rings. The molecular weight excluding hydrogens is 524 g/mol. The number of nitrogens with zero attached hydrogens (tertiary/aromatic N) is 4. The first-order chi connectivity index (χ1) is 18.4. The van der Waals surface area contributed by atoms with Crippen LogP contribution < -0.4 is 9.64 Å². The number of hydrogen-bond acceptors (Lipinski definition) is 8. The van der Waals surface area contributed by atoms with Gasteiger partial charge in [0.25, 0.3) is 0 Å². The Balaban J connectivity index is 1.40. The first kappa shape index (κ1) is 27.0. The van der Waals surface area contributed by atoms with Gasteiger partial charge >= 0.3 is 0 Å². The van der Waals surface area contributed by atoms with Crippen LogP contribution in [-0.2, 0) is 19.6 Å². The molecule has 1 amide bonds. The third-order valence-corrected chi connectivity index (χ3v) is 10.1. The fourth-order valence-electron chi connectivity index (χ4n) is 5.05. The number of hydrogen-bond donors (Lipinski definition) is 0. The normalized spacial score (nSPS) is 19.2. The molecule has 11 heteroatoms. The Morgan fingerprint density at radius 2 is 1.92 bits per heavy atom. The lowest BCUT2D eigenvalue weighted by Crippen LogP contribution is -2.48. The van der Waals surface area contributed by atoms with Crippen molar-refractivity contribution in [3.05, 3.63) is 48.0 Å². The van der Waals surface area contributed by atoms with Crippen molar-refractivity contribution >= 4 is 42.6 Å². The van der Waals surface area contributed by atoms with Gasteiger partial charge in [0, 0.05) is 32.7 Å². The summed E-state index contributed by atoms with van der Waals surface area (Å²) in [6.45, 7) is 6.86. The maximum Gasteiger partial charge on any atom is 0.247 e. The Labute approximate surface area is 228 Å². The summed E-state index contributed by atoms with van der Waals surface area (Å²) in [6, 6.07) is 11.6. The molecule has 2 aliphatic rings. The van der Waals surface area contributed by atoms with Crippen LogP contribution in [0.5, 0.6) is 5.75 Å². The molecule has 0 N–H and O–H groups in total. The van der Waals surface area contributed by atoms with Gasteiger partial charge in [-0.3, -0.25) is 14.6 Å². The summed E-state index contributed by atoms with van der Waals surface area (Å²) in [7, 11) is -2.31. The van der Waals surface area contributed by atoms with E-state index in [1.54, 1.807) is 17.0 Å². The predicted octanol–water partition coefficient (Wildman–Crippen LogP) is 3.52. The van der Waals surface area contributed by atoms with Gasteiger partial charge in [-0.15, -0.1) is 0 Å². The summed E-state index contributed by atoms with van der Waals surface area (Å²) < 4.78 is 40.2. The average Bonchev–Trinajstić information content (AvgIpc) is 3.59. The van der Waals surface area contributed by atoms with Crippen LogP contribution >= 0.6 is 11.3 Å². The summed E-state index contributed by atoms with van der Waals surface area (Å²) in [5, 5.41) is 0.617. The molecule has 0 radical (unpaired) electrons. The molecule has 3 heterocycles. The predicted molar refractivity (Wildman–Crippen MR) is 148 cm³/mol. The van der Waals surface area contributed by atoms with Crippen molar-refractivity contribution in [1.82, 2.24) is 14.2 Å². The number of rotatable bonds is 9. The second-order valence-corrected chi connectivity index (χ2v) is 12.6. The Morgan fingerprint density at radius 1 is 1.16 bits per heavy atom. The van der Waals surface area contributed by atoms with Gasteiger partial charge in [-0.2, -0.15) is 4.31 Å². The third kappa shape index (κ3) is 5.72. The maximum atomic E-state index is 14.1. The molecule has 1 unspecified atom stereocenters. The van der Waals surface area contributed by atoms with E-state index in [-0.39, 0.29) is 10.8 Å². The van der Waals surface area contributed by atoms with Gasteiger partial charge in [0.1, 0.15) is 11.8 Å². The number of amides is 1. The molecule has 0 spiro atoms. The number of carbonyl (C=O) groups is 1. The van der Waals surface area contributed by atoms with E-state index in [9.17, 15) is 13.2 Å². The Kier molecular flexibility index (Phi) is 8.29. The van der Waals surface area contributed by atoms with E-state index in [1.165, 1.54) is 34.9 Å². The zero-order valence-corrected chi connectivity index (χ0v) is 23.5. The first-order valence-electron chi connectivity index (χ1n) is 13.0. The quantitative estimate of drug-likeness (QED) is 0.397. The molecule has 2 aliphatic heterocycles. The minimum absolute atomic E-state index is 0.160. The molecule has 204 valence electrons. The summed E-state index contributed by atoms with van der Waals surface area (Å²) in [5.41, 5.74) is 1.97. The van der Waals surface area contributed by atoms with Crippen LogP contribution in [0.3, 0.4) is 0 Å². The fraction of sp³-hybridized carbons (Fsp3) is 0.481. The lowest BCUT2D eigenvalue weighted by Gasteiger charge is -2.30. The maximum absolute atomic E-state index is 14.1. The standard InChI is InChI=1S/C27H34N4O5S2/c1-20-6-11-23-25(19-20)37-27(28-23)30(13-4-12-29-15-17-36-18-16-29)26(32)24-5-3-14-31(24)38(33,34)22-9-7-21(35-2)8-10-22/h6-11,19,24H,3-5,12-18H2,1-2H3. The van der Waals surface area contributed by atoms with Gasteiger partial charge in [0.15, 0.2) is 5.13 Å². The van der Waals surface area contributed by atoms with Crippen LogP contribution in [0.15, 0.2) is 47.4 Å². The number of aryl methyl sites for hydroxylation is 1. The number of ether oxygens (including phenoxy) is 2. The van der Waals surface area contributed by atoms with Crippen molar-refractivity contribution < 1.29 is 22.7 Å². The van der Waals surface area contributed by atoms with E-state index < -0.39 is 16.1 Å². The highest BCUT2D eigenvalue weighted by molar-refractivity contribution is 7.89. The van der Waals surface area contributed by atoms with E-state index in [0.29, 0.717) is 36.8 Å². The molecule has 2 saturated heterocycles. The average molecular weight is 559 g/mol. The molecule has 0 aliphatic carbocycles. The van der Waals surface area contributed by atoms with Crippen LogP contribution in [0, 0.1) is 6.92 Å². The second-order valence-electron chi connectivity index (χ2n) is 9.71. The number of aromatic nitrogens is 1. The molecule has 38 heavy (non-hydrogen) atoms. The smallest absolute Gasteiger partial charge is 0.247 e. The first-order valence-corrected chi connectivity index (χ1v) is 15.3. The van der Waals surface area contributed by atoms with Gasteiger partial charge in [-0.1, -0.05) is 17.4 Å². The number of carbonyl (C=O) groups excluding carboxylic acids is 1. The lowest BCUT2D eigenvalue weighted by molar-refractivity contribution is -0.121. The summed E-state index contributed by atoms with van der Waals surface area (Å²) in [4.78, 5) is 23.1. The number of anilines is 1. The molecule has 1 aromatic heterocycles. The Bertz CT molecular complexity index is 1370. The van der Waals surface area contributed by atoms with Gasteiger partial charge in [-0.25, -0.2) is 13.4 Å². The van der Waals surface area contributed by atoms with E-state index >= 15 is 0 Å². The molecule has 0 saturated carbocycles. The molecule has 5 rings (SSSR count). The van der Waals surface area contributed by atoms with Crippen molar-refractivity contribution in [3.63, 3.8) is 0 Å². The van der Waals surface area contributed by atoms with Crippen LogP contribution in [0.2, 0.25) is 0 Å². The minimum Gasteiger partial charge on any atom is -0.497 e. The van der Waals surface area contributed by atoms with Crippen molar-refractivity contribution in [1.29, 1.82) is 0 Å². The van der Waals surface area contributed by atoms with Crippen molar-refractivity contribution in [3.8, 4) is 5.75 Å². The van der Waals surface area contributed by atoms with Crippen molar-refractivity contribution in [2.24, 2.45) is 0 Å². The Morgan fingerprint density at radius 3 is 2.66 bits per heavy atom. The van der Waals surface area contributed by atoms with E-state index in [4.69, 9.17) is 14.5 Å². The van der Waals surface area contributed by atoms with Crippen LogP contribution in [0.4, 0.5) is 5.13 Å². The molecule has 2 fully saturated rings. The van der Waals surface area contributed by atoms with Crippen LogP contribution in [0.25, 0.3) is 10.2 Å². The summed E-state index contributed by atoms with van der Waals surface area (Å²) >= 11 is 1.48. The number of benzene rings is 2. The lowest BCUT2D eigenvalue weighted by atomic mass is 10.2. The van der Waals surface area contributed by atoms with Crippen molar-refractivity contribution in [2.45, 2.75) is 37.1 Å². The molecule has 1 atom stereocenters. The number of thiazole rings is 1. The van der Waals surface area contributed by atoms with Crippen LogP contribution in [0.1, 0.15) is 24.8 Å². The van der Waals surface area contributed by atoms with E-state index in [1.807, 2.05) is 19.1 Å². The monoisotopic (exact) mass is 558 g/mol. The van der Waals surface area contributed by atoms with Gasteiger partial charge in [0.05, 0.1) is 35.4 Å². The zero-order chi connectivity index (χ0) is 26.7. The highest BCUT2D eigenvalue weighted by Crippen LogP contribution is 2.33. The SMILES string of the molecule is COc1ccc(S(=O)(=O)N2CCCC2C(=O)N(CCCN2CCOCC2)c2nc3ccc(C)cc3s2)cc1. The number of sulfonamides is 1.